The van der Waals surface area contributed by atoms with Gasteiger partial charge in [-0.25, -0.2) is 0 Å². The van der Waals surface area contributed by atoms with Crippen molar-refractivity contribution in [3.63, 3.8) is 0 Å². The second-order valence-corrected chi connectivity index (χ2v) is 6.92. The summed E-state index contributed by atoms with van der Waals surface area (Å²) in [5.41, 5.74) is 5.25. The Balaban J connectivity index is 4.11. The number of nitrogens with two attached hydrogens (primary N) is 1. The van der Waals surface area contributed by atoms with Crippen LogP contribution in [0.4, 0.5) is 0 Å². The molecule has 0 bridgehead atoms. The zero-order valence-electron chi connectivity index (χ0n) is 15.3. The zero-order chi connectivity index (χ0) is 17.3. The molecule has 0 aliphatic carbocycles. The predicted octanol–water partition coefficient (Wildman–Crippen LogP) is 2.10. The number of amides is 2. The summed E-state index contributed by atoms with van der Waals surface area (Å²) in [6.45, 7) is 10.1. The molecule has 0 rings (SSSR count). The van der Waals surface area contributed by atoms with Crippen molar-refractivity contribution in [2.24, 2.45) is 17.6 Å². The second kappa shape index (κ2) is 10.6. The molecule has 2 amide bonds. The maximum absolute atomic E-state index is 12.4. The summed E-state index contributed by atoms with van der Waals surface area (Å²) in [7, 11) is 3.95. The summed E-state index contributed by atoms with van der Waals surface area (Å²) in [4.78, 5) is 27.6. The van der Waals surface area contributed by atoms with Crippen molar-refractivity contribution in [1.29, 1.82) is 0 Å². The molecule has 0 aliphatic rings. The van der Waals surface area contributed by atoms with E-state index in [1.54, 1.807) is 4.90 Å². The molecule has 130 valence electrons. The molecule has 1 atom stereocenters. The molecule has 22 heavy (non-hydrogen) atoms. The lowest BCUT2D eigenvalue weighted by molar-refractivity contribution is -0.138. The van der Waals surface area contributed by atoms with Crippen LogP contribution in [0.5, 0.6) is 0 Å². The van der Waals surface area contributed by atoms with Crippen LogP contribution < -0.4 is 5.73 Å². The van der Waals surface area contributed by atoms with E-state index in [-0.39, 0.29) is 24.2 Å². The van der Waals surface area contributed by atoms with Crippen LogP contribution in [-0.4, -0.2) is 54.8 Å². The maximum Gasteiger partial charge on any atom is 0.226 e. The predicted molar refractivity (Wildman–Crippen MR) is 91.4 cm³/mol. The third-order valence-corrected chi connectivity index (χ3v) is 4.31. The molecule has 0 saturated carbocycles. The van der Waals surface area contributed by atoms with Crippen LogP contribution in [0.3, 0.4) is 0 Å². The van der Waals surface area contributed by atoms with E-state index in [1.165, 1.54) is 0 Å². The Morgan fingerprint density at radius 1 is 0.955 bits per heavy atom. The number of carbonyl (C=O) groups excluding carboxylic acids is 2. The first-order chi connectivity index (χ1) is 10.2. The minimum Gasteiger partial charge on any atom is -0.370 e. The Kier molecular flexibility index (Phi) is 10.1. The van der Waals surface area contributed by atoms with Crippen molar-refractivity contribution in [2.75, 3.05) is 27.2 Å². The van der Waals surface area contributed by atoms with Crippen molar-refractivity contribution in [1.82, 2.24) is 9.80 Å². The van der Waals surface area contributed by atoms with Gasteiger partial charge in [-0.2, -0.15) is 0 Å². The summed E-state index contributed by atoms with van der Waals surface area (Å²) in [5.74, 6) is -0.540. The molecular formula is C17H35N3O2. The molecule has 5 heteroatoms. The average Bonchev–Trinajstić information content (AvgIpc) is 2.42. The molecule has 0 radical (unpaired) electrons. The van der Waals surface area contributed by atoms with Gasteiger partial charge in [0, 0.05) is 32.0 Å². The quantitative estimate of drug-likeness (QED) is 0.594. The minimum atomic E-state index is -0.405. The average molecular weight is 313 g/mol. The Morgan fingerprint density at radius 3 is 1.95 bits per heavy atom. The smallest absolute Gasteiger partial charge is 0.226 e. The largest absolute Gasteiger partial charge is 0.370 e. The van der Waals surface area contributed by atoms with Crippen molar-refractivity contribution in [3.8, 4) is 0 Å². The van der Waals surface area contributed by atoms with Gasteiger partial charge in [-0.1, -0.05) is 20.3 Å². The Hall–Kier alpha value is -1.10. The summed E-state index contributed by atoms with van der Waals surface area (Å²) in [5, 5.41) is 0. The molecule has 2 N–H and O–H groups in total. The highest BCUT2D eigenvalue weighted by atomic mass is 16.2. The highest BCUT2D eigenvalue weighted by molar-refractivity contribution is 5.85. The number of hydrogen-bond donors (Lipinski definition) is 1. The SMILES string of the molecule is CC(C)C(CC(N)=O)C(=O)N(C)CCCCCN(C)C(C)C. The van der Waals surface area contributed by atoms with Crippen molar-refractivity contribution < 1.29 is 9.59 Å². The fourth-order valence-electron chi connectivity index (χ4n) is 2.36. The van der Waals surface area contributed by atoms with Gasteiger partial charge in [0.15, 0.2) is 0 Å². The van der Waals surface area contributed by atoms with Gasteiger partial charge in [0.25, 0.3) is 0 Å². The molecule has 0 fully saturated rings. The van der Waals surface area contributed by atoms with E-state index in [0.29, 0.717) is 6.04 Å². The van der Waals surface area contributed by atoms with E-state index in [9.17, 15) is 9.59 Å². The molecular weight excluding hydrogens is 278 g/mol. The Bertz CT molecular complexity index is 343. The van der Waals surface area contributed by atoms with Gasteiger partial charge in [0.1, 0.15) is 0 Å². The molecule has 0 aromatic rings. The van der Waals surface area contributed by atoms with Crippen LogP contribution in [0.1, 0.15) is 53.4 Å². The maximum atomic E-state index is 12.4. The fourth-order valence-corrected chi connectivity index (χ4v) is 2.36. The molecule has 0 heterocycles. The number of primary amides is 1. The topological polar surface area (TPSA) is 66.6 Å². The fraction of sp³-hybridized carbons (Fsp3) is 0.882. The van der Waals surface area contributed by atoms with Crippen LogP contribution in [0.25, 0.3) is 0 Å². The Morgan fingerprint density at radius 2 is 1.50 bits per heavy atom. The monoisotopic (exact) mass is 313 g/mol. The van der Waals surface area contributed by atoms with Crippen LogP contribution in [-0.2, 0) is 9.59 Å². The summed E-state index contributed by atoms with van der Waals surface area (Å²) < 4.78 is 0. The Labute approximate surface area is 136 Å². The third-order valence-electron chi connectivity index (χ3n) is 4.31. The second-order valence-electron chi connectivity index (χ2n) is 6.92. The molecule has 0 aliphatic heterocycles. The molecule has 1 unspecified atom stereocenters. The van der Waals surface area contributed by atoms with Crippen molar-refractivity contribution in [2.45, 2.75) is 59.4 Å². The normalized spacial score (nSPS) is 13.0. The first-order valence-corrected chi connectivity index (χ1v) is 8.40. The highest BCUT2D eigenvalue weighted by Crippen LogP contribution is 2.18. The molecule has 0 spiro atoms. The summed E-state index contributed by atoms with van der Waals surface area (Å²) in [6, 6.07) is 0.574. The van der Waals surface area contributed by atoms with Gasteiger partial charge in [-0.3, -0.25) is 9.59 Å². The molecule has 0 saturated heterocycles. The summed E-state index contributed by atoms with van der Waals surface area (Å²) >= 11 is 0. The van der Waals surface area contributed by atoms with Crippen molar-refractivity contribution >= 4 is 11.8 Å². The molecule has 5 nitrogen and oxygen atoms in total. The van der Waals surface area contributed by atoms with Crippen LogP contribution >= 0.6 is 0 Å². The van der Waals surface area contributed by atoms with Gasteiger partial charge in [0.2, 0.25) is 11.8 Å². The lowest BCUT2D eigenvalue weighted by Crippen LogP contribution is -2.38. The minimum absolute atomic E-state index is 0.0353. The number of rotatable bonds is 11. The lowest BCUT2D eigenvalue weighted by Gasteiger charge is -2.26. The number of hydrogen-bond acceptors (Lipinski definition) is 3. The van der Waals surface area contributed by atoms with Gasteiger partial charge >= 0.3 is 0 Å². The number of carbonyl (C=O) groups is 2. The van der Waals surface area contributed by atoms with Gasteiger partial charge < -0.3 is 15.5 Å². The molecule has 0 aromatic heterocycles. The standard InChI is InChI=1S/C17H35N3O2/c1-13(2)15(12-16(18)21)17(22)20(6)11-9-7-8-10-19(5)14(3)4/h13-15H,7-12H2,1-6H3,(H2,18,21). The van der Waals surface area contributed by atoms with Crippen molar-refractivity contribution in [3.05, 3.63) is 0 Å². The van der Waals surface area contributed by atoms with Gasteiger partial charge in [-0.15, -0.1) is 0 Å². The van der Waals surface area contributed by atoms with Gasteiger partial charge in [0.05, 0.1) is 0 Å². The number of nitrogens with zero attached hydrogens (tertiary/aromatic N) is 2. The lowest BCUT2D eigenvalue weighted by atomic mass is 9.91. The van der Waals surface area contributed by atoms with Crippen LogP contribution in [0, 0.1) is 11.8 Å². The van der Waals surface area contributed by atoms with Gasteiger partial charge in [-0.05, 0) is 46.2 Å². The number of unbranched alkanes of at least 4 members (excludes halogenated alkanes) is 2. The third kappa shape index (κ3) is 8.37. The summed E-state index contributed by atoms with van der Waals surface area (Å²) in [6.07, 6.45) is 3.39. The van der Waals surface area contributed by atoms with E-state index >= 15 is 0 Å². The van der Waals surface area contributed by atoms with E-state index < -0.39 is 5.91 Å². The first kappa shape index (κ1) is 20.9. The van der Waals surface area contributed by atoms with Crippen LogP contribution in [0.15, 0.2) is 0 Å². The molecule has 0 aromatic carbocycles. The highest BCUT2D eigenvalue weighted by Gasteiger charge is 2.26. The van der Waals surface area contributed by atoms with E-state index in [2.05, 4.69) is 25.8 Å². The zero-order valence-corrected chi connectivity index (χ0v) is 15.3. The van der Waals surface area contributed by atoms with E-state index in [1.807, 2.05) is 20.9 Å². The van der Waals surface area contributed by atoms with E-state index in [4.69, 9.17) is 5.73 Å². The first-order valence-electron chi connectivity index (χ1n) is 8.40. The van der Waals surface area contributed by atoms with Crippen LogP contribution in [0.2, 0.25) is 0 Å². The van der Waals surface area contributed by atoms with E-state index in [0.717, 1.165) is 32.4 Å².